The fourth-order valence-electron chi connectivity index (χ4n) is 2.55. The minimum absolute atomic E-state index is 0.00772. The fraction of sp³-hybridized carbons (Fsp3) is 0.250. The molecule has 6 nitrogen and oxygen atoms in total. The molecule has 0 aliphatic heterocycles. The van der Waals surface area contributed by atoms with Crippen molar-refractivity contribution in [3.63, 3.8) is 0 Å². The number of alkyl halides is 3. The van der Waals surface area contributed by atoms with Gasteiger partial charge in [-0.3, -0.25) is 9.78 Å². The number of pyridine rings is 1. The summed E-state index contributed by atoms with van der Waals surface area (Å²) < 4.78 is 52.2. The van der Waals surface area contributed by atoms with Gasteiger partial charge in [-0.05, 0) is 42.8 Å². The van der Waals surface area contributed by atoms with E-state index in [-0.39, 0.29) is 36.4 Å². The Balaban J connectivity index is 2.19. The number of nitrogens with zero attached hydrogens (tertiary/aromatic N) is 1. The average molecular weight is 424 g/mol. The second-order valence-electron chi connectivity index (χ2n) is 6.37. The number of benzene rings is 1. The molecule has 1 amide bonds. The predicted molar refractivity (Wildman–Crippen MR) is 104 cm³/mol. The summed E-state index contributed by atoms with van der Waals surface area (Å²) >= 11 is 0. The van der Waals surface area contributed by atoms with E-state index in [1.807, 2.05) is 0 Å². The molecule has 0 spiro atoms. The van der Waals surface area contributed by atoms with Crippen LogP contribution in [0.15, 0.2) is 48.3 Å². The molecule has 4 N–H and O–H groups in total. The molecule has 2 aromatic rings. The molecule has 30 heavy (non-hydrogen) atoms. The zero-order valence-corrected chi connectivity index (χ0v) is 16.0. The monoisotopic (exact) mass is 424 g/mol. The Kier molecular flexibility index (Phi) is 7.65. The Morgan fingerprint density at radius 1 is 1.27 bits per heavy atom. The van der Waals surface area contributed by atoms with Gasteiger partial charge in [0, 0.05) is 42.5 Å². The number of aromatic nitrogens is 1. The third-order valence-electron chi connectivity index (χ3n) is 3.92. The van der Waals surface area contributed by atoms with Crippen molar-refractivity contribution in [1.82, 2.24) is 10.3 Å². The summed E-state index contributed by atoms with van der Waals surface area (Å²) in [6.07, 6.45) is -1.97. The first kappa shape index (κ1) is 23.0. The molecule has 1 aromatic carbocycles. The summed E-state index contributed by atoms with van der Waals surface area (Å²) in [5, 5.41) is 21.7. The molecule has 0 radical (unpaired) electrons. The van der Waals surface area contributed by atoms with E-state index in [2.05, 4.69) is 15.6 Å². The molecule has 1 aromatic heterocycles. The SMILES string of the molecule is CC(=N)/C(=C\Nc1ccnc(Cc2cc(F)cc(C(F)(F)F)c2)c1)C(=O)NCCO. The fourth-order valence-corrected chi connectivity index (χ4v) is 2.55. The molecule has 0 fully saturated rings. The maximum atomic E-state index is 13.6. The van der Waals surface area contributed by atoms with E-state index in [1.165, 1.54) is 25.4 Å². The molecule has 0 bridgehead atoms. The number of halogens is 4. The van der Waals surface area contributed by atoms with Crippen LogP contribution in [0.5, 0.6) is 0 Å². The Labute approximate surface area is 170 Å². The minimum atomic E-state index is -4.66. The van der Waals surface area contributed by atoms with Gasteiger partial charge in [0.2, 0.25) is 0 Å². The molecule has 10 heteroatoms. The summed E-state index contributed by atoms with van der Waals surface area (Å²) in [7, 11) is 0. The number of aliphatic hydroxyl groups excluding tert-OH is 1. The van der Waals surface area contributed by atoms with E-state index in [9.17, 15) is 22.4 Å². The summed E-state index contributed by atoms with van der Waals surface area (Å²) in [4.78, 5) is 16.1. The van der Waals surface area contributed by atoms with Crippen LogP contribution in [0.2, 0.25) is 0 Å². The summed E-state index contributed by atoms with van der Waals surface area (Å²) in [6, 6.07) is 5.42. The van der Waals surface area contributed by atoms with Gasteiger partial charge < -0.3 is 21.1 Å². The summed E-state index contributed by atoms with van der Waals surface area (Å²) in [5.74, 6) is -1.53. The van der Waals surface area contributed by atoms with Gasteiger partial charge in [-0.1, -0.05) is 0 Å². The third kappa shape index (κ3) is 6.66. The molecule has 0 saturated carbocycles. The van der Waals surface area contributed by atoms with E-state index in [4.69, 9.17) is 10.5 Å². The number of hydrogen-bond donors (Lipinski definition) is 4. The van der Waals surface area contributed by atoms with Gasteiger partial charge in [0.25, 0.3) is 5.91 Å². The Morgan fingerprint density at radius 3 is 2.63 bits per heavy atom. The quantitative estimate of drug-likeness (QED) is 0.297. The highest BCUT2D eigenvalue weighted by molar-refractivity contribution is 6.19. The normalized spacial score (nSPS) is 11.9. The second-order valence-corrected chi connectivity index (χ2v) is 6.37. The number of amides is 1. The summed E-state index contributed by atoms with van der Waals surface area (Å²) in [5.41, 5.74) is -0.0730. The van der Waals surface area contributed by atoms with Gasteiger partial charge in [0.15, 0.2) is 0 Å². The van der Waals surface area contributed by atoms with Crippen LogP contribution in [0.4, 0.5) is 23.2 Å². The van der Waals surface area contributed by atoms with Crippen molar-refractivity contribution < 1.29 is 27.5 Å². The van der Waals surface area contributed by atoms with Crippen molar-refractivity contribution in [2.75, 3.05) is 18.5 Å². The zero-order valence-electron chi connectivity index (χ0n) is 16.0. The zero-order chi connectivity index (χ0) is 22.3. The van der Waals surface area contributed by atoms with Crippen molar-refractivity contribution >= 4 is 17.3 Å². The molecule has 0 aliphatic rings. The van der Waals surface area contributed by atoms with Crippen LogP contribution in [0.25, 0.3) is 0 Å². The lowest BCUT2D eigenvalue weighted by molar-refractivity contribution is -0.137. The molecule has 0 saturated heterocycles. The first-order valence-electron chi connectivity index (χ1n) is 8.83. The molecule has 0 aliphatic carbocycles. The molecule has 0 unspecified atom stereocenters. The number of carbonyl (C=O) groups is 1. The third-order valence-corrected chi connectivity index (χ3v) is 3.92. The van der Waals surface area contributed by atoms with Crippen molar-refractivity contribution in [3.05, 3.63) is 70.9 Å². The van der Waals surface area contributed by atoms with Crippen molar-refractivity contribution in [2.24, 2.45) is 0 Å². The van der Waals surface area contributed by atoms with Gasteiger partial charge >= 0.3 is 6.18 Å². The Hall–Kier alpha value is -3.27. The maximum Gasteiger partial charge on any atom is 0.416 e. The lowest BCUT2D eigenvalue weighted by Crippen LogP contribution is -2.30. The summed E-state index contributed by atoms with van der Waals surface area (Å²) in [6.45, 7) is 1.22. The standard InChI is InChI=1S/C20H20F4N4O2/c1-12(25)18(19(30)27-4-5-29)11-28-16-2-3-26-17(10-16)8-13-6-14(20(22,23)24)9-15(21)7-13/h2-3,6-7,9-11,25,29H,4-5,8H2,1H3,(H,26,28)(H,27,30)/b18-11+,25-12?. The van der Waals surface area contributed by atoms with E-state index in [0.29, 0.717) is 17.4 Å². The number of hydrogen-bond acceptors (Lipinski definition) is 5. The van der Waals surface area contributed by atoms with Gasteiger partial charge in [-0.15, -0.1) is 0 Å². The van der Waals surface area contributed by atoms with Crippen LogP contribution in [0.1, 0.15) is 23.7 Å². The number of nitrogens with one attached hydrogen (secondary N) is 3. The molecule has 160 valence electrons. The van der Waals surface area contributed by atoms with Crippen molar-refractivity contribution in [1.29, 1.82) is 5.41 Å². The highest BCUT2D eigenvalue weighted by Crippen LogP contribution is 2.31. The number of anilines is 1. The number of rotatable bonds is 8. The van der Waals surface area contributed by atoms with Crippen LogP contribution < -0.4 is 10.6 Å². The maximum absolute atomic E-state index is 13.6. The molecule has 1 heterocycles. The lowest BCUT2D eigenvalue weighted by Gasteiger charge is -2.10. The Morgan fingerprint density at radius 2 is 2.00 bits per heavy atom. The first-order chi connectivity index (χ1) is 14.1. The molecular formula is C20H20F4N4O2. The number of aliphatic hydroxyl groups is 1. The predicted octanol–water partition coefficient (Wildman–Crippen LogP) is 3.27. The smallest absolute Gasteiger partial charge is 0.395 e. The van der Waals surface area contributed by atoms with Crippen LogP contribution in [-0.4, -0.2) is 34.9 Å². The molecule has 0 atom stereocenters. The van der Waals surface area contributed by atoms with E-state index >= 15 is 0 Å². The van der Waals surface area contributed by atoms with Gasteiger partial charge in [-0.2, -0.15) is 13.2 Å². The Bertz CT molecular complexity index is 958. The highest BCUT2D eigenvalue weighted by Gasteiger charge is 2.31. The van der Waals surface area contributed by atoms with Crippen LogP contribution >= 0.6 is 0 Å². The van der Waals surface area contributed by atoms with E-state index in [0.717, 1.165) is 12.1 Å². The first-order valence-corrected chi connectivity index (χ1v) is 8.83. The topological polar surface area (TPSA) is 98.1 Å². The van der Waals surface area contributed by atoms with E-state index in [1.54, 1.807) is 6.07 Å². The van der Waals surface area contributed by atoms with E-state index < -0.39 is 23.5 Å². The molecular weight excluding hydrogens is 404 g/mol. The average Bonchev–Trinajstić information content (AvgIpc) is 2.65. The van der Waals surface area contributed by atoms with Crippen LogP contribution in [-0.2, 0) is 17.4 Å². The van der Waals surface area contributed by atoms with Gasteiger partial charge in [-0.25, -0.2) is 4.39 Å². The van der Waals surface area contributed by atoms with Crippen molar-refractivity contribution in [3.8, 4) is 0 Å². The van der Waals surface area contributed by atoms with Crippen LogP contribution in [0, 0.1) is 11.2 Å². The van der Waals surface area contributed by atoms with Crippen LogP contribution in [0.3, 0.4) is 0 Å². The lowest BCUT2D eigenvalue weighted by atomic mass is 10.0. The minimum Gasteiger partial charge on any atom is -0.395 e. The largest absolute Gasteiger partial charge is 0.416 e. The van der Waals surface area contributed by atoms with Crippen molar-refractivity contribution in [2.45, 2.75) is 19.5 Å². The number of carbonyl (C=O) groups excluding carboxylic acids is 1. The highest BCUT2D eigenvalue weighted by atomic mass is 19.4. The second kappa shape index (κ2) is 9.97. The molecule has 2 rings (SSSR count). The van der Waals surface area contributed by atoms with Gasteiger partial charge in [0.05, 0.1) is 17.7 Å². The van der Waals surface area contributed by atoms with Gasteiger partial charge in [0.1, 0.15) is 5.82 Å².